The third-order valence-electron chi connectivity index (χ3n) is 3.44. The lowest BCUT2D eigenvalue weighted by molar-refractivity contribution is 0.471. The summed E-state index contributed by atoms with van der Waals surface area (Å²) in [6, 6.07) is 0.626. The Hall–Kier alpha value is -0.830. The zero-order valence-corrected chi connectivity index (χ0v) is 9.25. The van der Waals surface area contributed by atoms with Gasteiger partial charge in [-0.15, -0.1) is 0 Å². The molecular weight excluding hydrogens is 188 g/mol. The van der Waals surface area contributed by atoms with Crippen molar-refractivity contribution in [3.63, 3.8) is 0 Å². The number of oxazole rings is 1. The lowest BCUT2D eigenvalue weighted by Gasteiger charge is -2.06. The van der Waals surface area contributed by atoms with E-state index in [-0.39, 0.29) is 0 Å². The molecule has 2 aliphatic rings. The molecule has 1 saturated carbocycles. The van der Waals surface area contributed by atoms with Crippen molar-refractivity contribution in [1.82, 2.24) is 10.3 Å². The summed E-state index contributed by atoms with van der Waals surface area (Å²) in [5.74, 6) is 2.65. The van der Waals surface area contributed by atoms with Crippen LogP contribution in [0.5, 0.6) is 0 Å². The lowest BCUT2D eigenvalue weighted by atomic mass is 10.1. The number of hydrogen-bond acceptors (Lipinski definition) is 3. The van der Waals surface area contributed by atoms with Crippen molar-refractivity contribution in [1.29, 1.82) is 0 Å². The molecule has 1 atom stereocenters. The fourth-order valence-corrected chi connectivity index (χ4v) is 2.31. The highest BCUT2D eigenvalue weighted by molar-refractivity contribution is 5.14. The molecule has 3 rings (SSSR count). The molecule has 1 N–H and O–H groups in total. The van der Waals surface area contributed by atoms with Crippen LogP contribution < -0.4 is 5.32 Å². The molecule has 1 aromatic rings. The number of hydrogen-bond donors (Lipinski definition) is 1. The van der Waals surface area contributed by atoms with Gasteiger partial charge in [0.2, 0.25) is 0 Å². The van der Waals surface area contributed by atoms with E-state index in [2.05, 4.69) is 10.3 Å². The highest BCUT2D eigenvalue weighted by atomic mass is 16.4. The Morgan fingerprint density at radius 1 is 1.40 bits per heavy atom. The van der Waals surface area contributed by atoms with Gasteiger partial charge >= 0.3 is 0 Å². The third kappa shape index (κ3) is 1.93. The molecule has 1 unspecified atom stereocenters. The normalized spacial score (nSPS) is 26.1. The minimum atomic E-state index is 0.626. The highest BCUT2D eigenvalue weighted by Gasteiger charge is 2.30. The summed E-state index contributed by atoms with van der Waals surface area (Å²) in [5, 5.41) is 3.50. The molecule has 15 heavy (non-hydrogen) atoms. The highest BCUT2D eigenvalue weighted by Crippen LogP contribution is 2.40. The van der Waals surface area contributed by atoms with Gasteiger partial charge in [0.15, 0.2) is 5.89 Å². The molecule has 1 aromatic heterocycles. The summed E-state index contributed by atoms with van der Waals surface area (Å²) >= 11 is 0. The maximum Gasteiger partial charge on any atom is 0.197 e. The van der Waals surface area contributed by atoms with E-state index in [1.807, 2.05) is 6.92 Å². The fraction of sp³-hybridized carbons (Fsp3) is 0.750. The molecule has 0 bridgehead atoms. The maximum absolute atomic E-state index is 5.71. The van der Waals surface area contributed by atoms with Crippen LogP contribution in [0.25, 0.3) is 0 Å². The second kappa shape index (κ2) is 3.63. The molecule has 0 aromatic carbocycles. The molecule has 82 valence electrons. The van der Waals surface area contributed by atoms with Gasteiger partial charge in [-0.1, -0.05) is 0 Å². The van der Waals surface area contributed by atoms with Gasteiger partial charge in [-0.05, 0) is 39.2 Å². The van der Waals surface area contributed by atoms with Crippen LogP contribution >= 0.6 is 0 Å². The Labute approximate surface area is 90.3 Å². The van der Waals surface area contributed by atoms with Crippen LogP contribution in [-0.4, -0.2) is 17.6 Å². The smallest absolute Gasteiger partial charge is 0.197 e. The molecule has 0 spiro atoms. The van der Waals surface area contributed by atoms with Gasteiger partial charge in [0.25, 0.3) is 0 Å². The molecular formula is C12H18N2O. The van der Waals surface area contributed by atoms with Crippen LogP contribution in [0.2, 0.25) is 0 Å². The van der Waals surface area contributed by atoms with E-state index in [4.69, 9.17) is 4.42 Å². The monoisotopic (exact) mass is 206 g/mol. The summed E-state index contributed by atoms with van der Waals surface area (Å²) in [6.07, 6.45) is 6.16. The second-order valence-corrected chi connectivity index (χ2v) is 4.83. The first-order chi connectivity index (χ1) is 7.33. The summed E-state index contributed by atoms with van der Waals surface area (Å²) in [5.41, 5.74) is 1.18. The van der Waals surface area contributed by atoms with Gasteiger partial charge in [-0.25, -0.2) is 4.98 Å². The molecule has 1 aliphatic heterocycles. The van der Waals surface area contributed by atoms with Crippen LogP contribution in [-0.2, 0) is 6.42 Å². The molecule has 2 heterocycles. The minimum absolute atomic E-state index is 0.626. The van der Waals surface area contributed by atoms with Crippen LogP contribution in [0, 0.1) is 6.92 Å². The van der Waals surface area contributed by atoms with Gasteiger partial charge in [0, 0.05) is 18.4 Å². The van der Waals surface area contributed by atoms with Gasteiger partial charge < -0.3 is 9.73 Å². The largest absolute Gasteiger partial charge is 0.445 e. The Kier molecular flexibility index (Phi) is 2.28. The SMILES string of the molecule is Cc1oc(C2CC2)nc1CC1CCCN1. The first-order valence-electron chi connectivity index (χ1n) is 6.02. The standard InChI is InChI=1S/C12H18N2O/c1-8-11(7-10-3-2-6-13-10)14-12(15-8)9-4-5-9/h9-10,13H,2-7H2,1H3. The maximum atomic E-state index is 5.71. The summed E-state index contributed by atoms with van der Waals surface area (Å²) in [7, 11) is 0. The van der Waals surface area contributed by atoms with Crippen LogP contribution in [0.1, 0.15) is 48.9 Å². The average molecular weight is 206 g/mol. The third-order valence-corrected chi connectivity index (χ3v) is 3.44. The van der Waals surface area contributed by atoms with Gasteiger partial charge in [-0.2, -0.15) is 0 Å². The predicted octanol–water partition coefficient (Wildman–Crippen LogP) is 2.15. The number of nitrogens with zero attached hydrogens (tertiary/aromatic N) is 1. The quantitative estimate of drug-likeness (QED) is 0.823. The Morgan fingerprint density at radius 3 is 2.93 bits per heavy atom. The average Bonchev–Trinajstić information content (AvgIpc) is 2.84. The first kappa shape index (κ1) is 9.40. The van der Waals surface area contributed by atoms with Crippen molar-refractivity contribution in [2.75, 3.05) is 6.54 Å². The zero-order chi connectivity index (χ0) is 10.3. The topological polar surface area (TPSA) is 38.1 Å². The lowest BCUT2D eigenvalue weighted by Crippen LogP contribution is -2.24. The van der Waals surface area contributed by atoms with Gasteiger partial charge in [0.05, 0.1) is 5.69 Å². The Bertz CT molecular complexity index is 349. The molecule has 3 nitrogen and oxygen atoms in total. The van der Waals surface area contributed by atoms with E-state index in [1.165, 1.54) is 31.4 Å². The van der Waals surface area contributed by atoms with Crippen molar-refractivity contribution in [3.05, 3.63) is 17.3 Å². The molecule has 1 aliphatic carbocycles. The van der Waals surface area contributed by atoms with E-state index in [0.717, 1.165) is 24.6 Å². The summed E-state index contributed by atoms with van der Waals surface area (Å²) < 4.78 is 5.71. The number of nitrogens with one attached hydrogen (secondary N) is 1. The fourth-order valence-electron chi connectivity index (χ4n) is 2.31. The van der Waals surface area contributed by atoms with Crippen molar-refractivity contribution in [2.45, 2.75) is 51.0 Å². The Balaban J connectivity index is 1.72. The van der Waals surface area contributed by atoms with Crippen molar-refractivity contribution in [2.24, 2.45) is 0 Å². The molecule has 3 heteroatoms. The molecule has 2 fully saturated rings. The van der Waals surface area contributed by atoms with Crippen molar-refractivity contribution < 1.29 is 4.42 Å². The van der Waals surface area contributed by atoms with Crippen LogP contribution in [0.4, 0.5) is 0 Å². The summed E-state index contributed by atoms with van der Waals surface area (Å²) in [4.78, 5) is 4.63. The first-order valence-corrected chi connectivity index (χ1v) is 6.02. The predicted molar refractivity (Wildman–Crippen MR) is 57.9 cm³/mol. The summed E-state index contributed by atoms with van der Waals surface area (Å²) in [6.45, 7) is 3.21. The zero-order valence-electron chi connectivity index (χ0n) is 9.25. The van der Waals surface area contributed by atoms with Crippen molar-refractivity contribution >= 4 is 0 Å². The minimum Gasteiger partial charge on any atom is -0.445 e. The Morgan fingerprint density at radius 2 is 2.27 bits per heavy atom. The molecule has 1 saturated heterocycles. The van der Waals surface area contributed by atoms with E-state index < -0.39 is 0 Å². The second-order valence-electron chi connectivity index (χ2n) is 4.83. The van der Waals surface area contributed by atoms with Gasteiger partial charge in [-0.3, -0.25) is 0 Å². The number of rotatable bonds is 3. The number of aryl methyl sites for hydroxylation is 1. The van der Waals surface area contributed by atoms with E-state index in [1.54, 1.807) is 0 Å². The van der Waals surface area contributed by atoms with E-state index in [9.17, 15) is 0 Å². The van der Waals surface area contributed by atoms with Crippen LogP contribution in [0.15, 0.2) is 4.42 Å². The van der Waals surface area contributed by atoms with E-state index in [0.29, 0.717) is 12.0 Å². The van der Waals surface area contributed by atoms with Crippen molar-refractivity contribution in [3.8, 4) is 0 Å². The van der Waals surface area contributed by atoms with Gasteiger partial charge in [0.1, 0.15) is 5.76 Å². The van der Waals surface area contributed by atoms with E-state index >= 15 is 0 Å². The molecule has 0 radical (unpaired) electrons. The van der Waals surface area contributed by atoms with Crippen LogP contribution in [0.3, 0.4) is 0 Å². The molecule has 0 amide bonds. The number of aromatic nitrogens is 1.